The maximum atomic E-state index is 11.9. The van der Waals surface area contributed by atoms with E-state index in [2.05, 4.69) is 5.32 Å². The summed E-state index contributed by atoms with van der Waals surface area (Å²) in [5.74, 6) is 1.95. The SMILES string of the molecule is CCNC(C)(CCCCSCCCO)C(=O)OCC. The molecule has 0 bridgehead atoms. The Kier molecular flexibility index (Phi) is 11.4. The zero-order chi connectivity index (χ0) is 14.6. The molecular formula is C14H29NO3S. The smallest absolute Gasteiger partial charge is 0.326 e. The Morgan fingerprint density at radius 3 is 2.53 bits per heavy atom. The lowest BCUT2D eigenvalue weighted by Gasteiger charge is -2.28. The Labute approximate surface area is 121 Å². The van der Waals surface area contributed by atoms with Crippen LogP contribution in [-0.2, 0) is 9.53 Å². The van der Waals surface area contributed by atoms with Gasteiger partial charge in [0.1, 0.15) is 5.54 Å². The molecule has 0 spiro atoms. The summed E-state index contributed by atoms with van der Waals surface area (Å²) in [7, 11) is 0. The van der Waals surface area contributed by atoms with Gasteiger partial charge in [0.05, 0.1) is 6.61 Å². The normalized spacial score (nSPS) is 14.1. The molecule has 0 aromatic carbocycles. The molecule has 0 aromatic rings. The van der Waals surface area contributed by atoms with Crippen LogP contribution in [0.25, 0.3) is 0 Å². The molecule has 1 unspecified atom stereocenters. The van der Waals surface area contributed by atoms with Crippen molar-refractivity contribution in [1.29, 1.82) is 0 Å². The van der Waals surface area contributed by atoms with E-state index in [-0.39, 0.29) is 12.6 Å². The third kappa shape index (κ3) is 8.50. The molecule has 114 valence electrons. The standard InChI is InChI=1S/C14H29NO3S/c1-4-15-14(3,13(17)18-5-2)9-6-7-11-19-12-8-10-16/h15-16H,4-12H2,1-3H3. The maximum absolute atomic E-state index is 11.9. The Morgan fingerprint density at radius 1 is 1.26 bits per heavy atom. The highest BCUT2D eigenvalue weighted by molar-refractivity contribution is 7.99. The van der Waals surface area contributed by atoms with Crippen LogP contribution < -0.4 is 5.32 Å². The van der Waals surface area contributed by atoms with Gasteiger partial charge in [0.15, 0.2) is 0 Å². The highest BCUT2D eigenvalue weighted by Gasteiger charge is 2.32. The van der Waals surface area contributed by atoms with Gasteiger partial charge >= 0.3 is 5.97 Å². The minimum Gasteiger partial charge on any atom is -0.465 e. The Hall–Kier alpha value is -0.260. The van der Waals surface area contributed by atoms with Crippen molar-refractivity contribution >= 4 is 17.7 Å². The molecule has 0 rings (SSSR count). The number of carbonyl (C=O) groups excluding carboxylic acids is 1. The molecule has 0 aliphatic heterocycles. The van der Waals surface area contributed by atoms with Crippen LogP contribution in [0.2, 0.25) is 0 Å². The van der Waals surface area contributed by atoms with Gasteiger partial charge in [0.2, 0.25) is 0 Å². The van der Waals surface area contributed by atoms with E-state index in [4.69, 9.17) is 9.84 Å². The van der Waals surface area contributed by atoms with Gasteiger partial charge in [-0.05, 0) is 51.2 Å². The van der Waals surface area contributed by atoms with Crippen molar-refractivity contribution in [3.8, 4) is 0 Å². The summed E-state index contributed by atoms with van der Waals surface area (Å²) in [6, 6.07) is 0. The number of esters is 1. The largest absolute Gasteiger partial charge is 0.465 e. The quantitative estimate of drug-likeness (QED) is 0.426. The van der Waals surface area contributed by atoms with Gasteiger partial charge in [0.25, 0.3) is 0 Å². The number of aliphatic hydroxyl groups is 1. The number of carbonyl (C=O) groups is 1. The molecule has 0 fully saturated rings. The monoisotopic (exact) mass is 291 g/mol. The fraction of sp³-hybridized carbons (Fsp3) is 0.929. The fourth-order valence-electron chi connectivity index (χ4n) is 1.89. The first-order valence-corrected chi connectivity index (χ1v) is 8.37. The minimum absolute atomic E-state index is 0.148. The summed E-state index contributed by atoms with van der Waals surface area (Å²) in [5.41, 5.74) is -0.555. The first-order chi connectivity index (χ1) is 9.10. The van der Waals surface area contributed by atoms with Crippen molar-refractivity contribution in [3.63, 3.8) is 0 Å². The van der Waals surface area contributed by atoms with E-state index >= 15 is 0 Å². The first-order valence-electron chi connectivity index (χ1n) is 7.21. The first kappa shape index (κ1) is 18.7. The number of nitrogens with one attached hydrogen (secondary N) is 1. The molecule has 1 atom stereocenters. The summed E-state index contributed by atoms with van der Waals surface area (Å²) >= 11 is 1.86. The van der Waals surface area contributed by atoms with E-state index < -0.39 is 5.54 Å². The van der Waals surface area contributed by atoms with Crippen molar-refractivity contribution in [3.05, 3.63) is 0 Å². The Balaban J connectivity index is 3.90. The summed E-state index contributed by atoms with van der Waals surface area (Å²) in [5, 5.41) is 11.9. The van der Waals surface area contributed by atoms with Gasteiger partial charge in [-0.3, -0.25) is 4.79 Å². The lowest BCUT2D eigenvalue weighted by Crippen LogP contribution is -2.50. The predicted octanol–water partition coefficient (Wildman–Crippen LogP) is 2.20. The molecule has 0 aromatic heterocycles. The average molecular weight is 291 g/mol. The molecule has 0 radical (unpaired) electrons. The van der Waals surface area contributed by atoms with Crippen molar-refractivity contribution in [2.45, 2.75) is 52.0 Å². The van der Waals surface area contributed by atoms with Crippen molar-refractivity contribution < 1.29 is 14.6 Å². The van der Waals surface area contributed by atoms with Gasteiger partial charge in [-0.25, -0.2) is 0 Å². The highest BCUT2D eigenvalue weighted by Crippen LogP contribution is 2.17. The van der Waals surface area contributed by atoms with E-state index in [1.54, 1.807) is 0 Å². The Morgan fingerprint density at radius 2 is 1.95 bits per heavy atom. The van der Waals surface area contributed by atoms with E-state index in [1.807, 2.05) is 32.5 Å². The van der Waals surface area contributed by atoms with Crippen LogP contribution in [0.5, 0.6) is 0 Å². The van der Waals surface area contributed by atoms with Crippen molar-refractivity contribution in [2.75, 3.05) is 31.3 Å². The van der Waals surface area contributed by atoms with Gasteiger partial charge < -0.3 is 15.2 Å². The number of hydrogen-bond donors (Lipinski definition) is 2. The molecule has 0 amide bonds. The fourth-order valence-corrected chi connectivity index (χ4v) is 2.84. The predicted molar refractivity (Wildman–Crippen MR) is 81.6 cm³/mol. The van der Waals surface area contributed by atoms with Crippen LogP contribution >= 0.6 is 11.8 Å². The molecule has 0 aliphatic rings. The van der Waals surface area contributed by atoms with Gasteiger partial charge in [-0.2, -0.15) is 11.8 Å². The number of hydrogen-bond acceptors (Lipinski definition) is 5. The van der Waals surface area contributed by atoms with E-state index in [0.717, 1.165) is 43.7 Å². The Bertz CT molecular complexity index is 239. The molecule has 0 aliphatic carbocycles. The van der Waals surface area contributed by atoms with Crippen molar-refractivity contribution in [1.82, 2.24) is 5.32 Å². The van der Waals surface area contributed by atoms with E-state index in [9.17, 15) is 4.79 Å². The van der Waals surface area contributed by atoms with Crippen LogP contribution in [0.4, 0.5) is 0 Å². The lowest BCUT2D eigenvalue weighted by atomic mass is 9.95. The van der Waals surface area contributed by atoms with Gasteiger partial charge in [0, 0.05) is 6.61 Å². The number of aliphatic hydroxyl groups excluding tert-OH is 1. The van der Waals surface area contributed by atoms with Crippen LogP contribution in [0.15, 0.2) is 0 Å². The number of rotatable bonds is 12. The zero-order valence-corrected chi connectivity index (χ0v) is 13.4. The molecule has 19 heavy (non-hydrogen) atoms. The number of likely N-dealkylation sites (N-methyl/N-ethyl adjacent to an activating group) is 1. The number of thioether (sulfide) groups is 1. The van der Waals surface area contributed by atoms with Crippen LogP contribution in [0.1, 0.15) is 46.5 Å². The molecular weight excluding hydrogens is 262 g/mol. The number of unbranched alkanes of at least 4 members (excludes halogenated alkanes) is 1. The van der Waals surface area contributed by atoms with Crippen LogP contribution in [-0.4, -0.2) is 47.9 Å². The summed E-state index contributed by atoms with van der Waals surface area (Å²) in [4.78, 5) is 11.9. The van der Waals surface area contributed by atoms with Gasteiger partial charge in [-0.1, -0.05) is 13.3 Å². The zero-order valence-electron chi connectivity index (χ0n) is 12.5. The summed E-state index contributed by atoms with van der Waals surface area (Å²) in [6.07, 6.45) is 3.77. The minimum atomic E-state index is -0.555. The highest BCUT2D eigenvalue weighted by atomic mass is 32.2. The topological polar surface area (TPSA) is 58.6 Å². The molecule has 5 heteroatoms. The second-order valence-electron chi connectivity index (χ2n) is 4.73. The third-order valence-electron chi connectivity index (χ3n) is 2.96. The number of ether oxygens (including phenoxy) is 1. The molecule has 4 nitrogen and oxygen atoms in total. The average Bonchev–Trinajstić information content (AvgIpc) is 2.38. The molecule has 0 heterocycles. The maximum Gasteiger partial charge on any atom is 0.326 e. The lowest BCUT2D eigenvalue weighted by molar-refractivity contribution is -0.150. The van der Waals surface area contributed by atoms with Crippen molar-refractivity contribution in [2.24, 2.45) is 0 Å². The molecule has 0 saturated heterocycles. The molecule has 0 saturated carbocycles. The second-order valence-corrected chi connectivity index (χ2v) is 5.95. The van der Waals surface area contributed by atoms with Crippen LogP contribution in [0.3, 0.4) is 0 Å². The van der Waals surface area contributed by atoms with Crippen LogP contribution in [0, 0.1) is 0 Å². The van der Waals surface area contributed by atoms with E-state index in [1.165, 1.54) is 0 Å². The third-order valence-corrected chi connectivity index (χ3v) is 4.11. The summed E-state index contributed by atoms with van der Waals surface area (Å²) < 4.78 is 5.14. The summed E-state index contributed by atoms with van der Waals surface area (Å²) in [6.45, 7) is 7.23. The van der Waals surface area contributed by atoms with Gasteiger partial charge in [-0.15, -0.1) is 0 Å². The molecule has 2 N–H and O–H groups in total. The van der Waals surface area contributed by atoms with E-state index in [0.29, 0.717) is 6.61 Å². The second kappa shape index (κ2) is 11.6.